The Kier molecular flexibility index (Phi) is 6.98. The van der Waals surface area contributed by atoms with Crippen LogP contribution in [0.5, 0.6) is 5.75 Å². The molecule has 172 valence electrons. The first-order valence-corrected chi connectivity index (χ1v) is 12.4. The van der Waals surface area contributed by atoms with Gasteiger partial charge in [0.1, 0.15) is 5.75 Å². The Labute approximate surface area is 189 Å². The molecule has 2 aromatic rings. The number of morpholine rings is 1. The summed E-state index contributed by atoms with van der Waals surface area (Å²) in [5.74, 6) is 0.114. The second kappa shape index (κ2) is 9.89. The minimum atomic E-state index is -3.69. The topological polar surface area (TPSA) is 88.2 Å². The highest BCUT2D eigenvalue weighted by atomic mass is 32.2. The molecule has 2 aliphatic rings. The molecule has 9 heteroatoms. The van der Waals surface area contributed by atoms with Crippen LogP contribution in [0.2, 0.25) is 0 Å². The van der Waals surface area contributed by atoms with E-state index in [0.29, 0.717) is 43.3 Å². The first kappa shape index (κ1) is 22.6. The van der Waals surface area contributed by atoms with Crippen molar-refractivity contribution in [2.75, 3.05) is 56.7 Å². The Morgan fingerprint density at radius 1 is 1.00 bits per heavy atom. The number of carbonyl (C=O) groups is 1. The first-order valence-electron chi connectivity index (χ1n) is 10.9. The summed E-state index contributed by atoms with van der Waals surface area (Å²) in [6.45, 7) is 3.13. The van der Waals surface area contributed by atoms with Crippen LogP contribution in [-0.2, 0) is 14.8 Å². The normalized spacial score (nSPS) is 17.7. The highest BCUT2D eigenvalue weighted by Gasteiger charge is 2.28. The highest BCUT2D eigenvalue weighted by molar-refractivity contribution is 7.89. The van der Waals surface area contributed by atoms with Crippen molar-refractivity contribution in [3.63, 3.8) is 0 Å². The maximum Gasteiger partial charge on any atom is 0.259 e. The van der Waals surface area contributed by atoms with Gasteiger partial charge in [0, 0.05) is 26.2 Å². The molecule has 4 rings (SSSR count). The van der Waals surface area contributed by atoms with Gasteiger partial charge >= 0.3 is 0 Å². The monoisotopic (exact) mass is 459 g/mol. The lowest BCUT2D eigenvalue weighted by molar-refractivity contribution is 0.0730. The van der Waals surface area contributed by atoms with E-state index in [1.807, 2.05) is 0 Å². The molecule has 2 heterocycles. The lowest BCUT2D eigenvalue weighted by atomic mass is 10.1. The van der Waals surface area contributed by atoms with Crippen molar-refractivity contribution < 1.29 is 22.7 Å². The number of nitrogens with one attached hydrogen (secondary N) is 1. The molecule has 1 N–H and O–H groups in total. The second-order valence-corrected chi connectivity index (χ2v) is 9.84. The Balaban J connectivity index is 1.70. The largest absolute Gasteiger partial charge is 0.496 e. The summed E-state index contributed by atoms with van der Waals surface area (Å²) in [6, 6.07) is 12.0. The van der Waals surface area contributed by atoms with Gasteiger partial charge in [-0.3, -0.25) is 4.79 Å². The van der Waals surface area contributed by atoms with Gasteiger partial charge in [0.15, 0.2) is 0 Å². The summed E-state index contributed by atoms with van der Waals surface area (Å²) >= 11 is 0. The van der Waals surface area contributed by atoms with E-state index < -0.39 is 10.0 Å². The van der Waals surface area contributed by atoms with E-state index in [1.54, 1.807) is 42.5 Å². The Hall–Kier alpha value is -2.62. The van der Waals surface area contributed by atoms with Crippen LogP contribution in [0.1, 0.15) is 29.6 Å². The maximum absolute atomic E-state index is 13.2. The molecule has 2 saturated heterocycles. The van der Waals surface area contributed by atoms with Gasteiger partial charge in [0.05, 0.1) is 42.2 Å². The van der Waals surface area contributed by atoms with Gasteiger partial charge in [-0.2, -0.15) is 4.31 Å². The van der Waals surface area contributed by atoms with Crippen LogP contribution >= 0.6 is 0 Å². The SMILES string of the molecule is COc1ccccc1C(=O)Nc1cc(S(=O)(=O)N2CCOCC2)ccc1N1CCCCC1. The zero-order valence-corrected chi connectivity index (χ0v) is 19.1. The molecule has 8 nitrogen and oxygen atoms in total. The number of benzene rings is 2. The lowest BCUT2D eigenvalue weighted by Gasteiger charge is -2.31. The van der Waals surface area contributed by atoms with Gasteiger partial charge < -0.3 is 19.7 Å². The van der Waals surface area contributed by atoms with Gasteiger partial charge in [-0.15, -0.1) is 0 Å². The van der Waals surface area contributed by atoms with Crippen molar-refractivity contribution in [3.05, 3.63) is 48.0 Å². The zero-order valence-electron chi connectivity index (χ0n) is 18.2. The van der Waals surface area contributed by atoms with Crippen molar-refractivity contribution in [3.8, 4) is 5.75 Å². The molecule has 1 amide bonds. The van der Waals surface area contributed by atoms with Crippen LogP contribution in [0.25, 0.3) is 0 Å². The molecule has 0 aliphatic carbocycles. The van der Waals surface area contributed by atoms with E-state index in [1.165, 1.54) is 17.8 Å². The van der Waals surface area contributed by atoms with E-state index in [-0.39, 0.29) is 10.8 Å². The molecular formula is C23H29N3O5S. The van der Waals surface area contributed by atoms with Crippen molar-refractivity contribution in [2.45, 2.75) is 24.2 Å². The minimum Gasteiger partial charge on any atom is -0.496 e. The quantitative estimate of drug-likeness (QED) is 0.715. The fourth-order valence-corrected chi connectivity index (χ4v) is 5.58. The van der Waals surface area contributed by atoms with Crippen LogP contribution in [0.15, 0.2) is 47.4 Å². The van der Waals surface area contributed by atoms with Crippen LogP contribution in [-0.4, -0.2) is 65.1 Å². The molecule has 32 heavy (non-hydrogen) atoms. The van der Waals surface area contributed by atoms with E-state index >= 15 is 0 Å². The number of ether oxygens (including phenoxy) is 2. The highest BCUT2D eigenvalue weighted by Crippen LogP contribution is 2.33. The van der Waals surface area contributed by atoms with Crippen molar-refractivity contribution in [1.82, 2.24) is 4.31 Å². The van der Waals surface area contributed by atoms with Gasteiger partial charge in [-0.25, -0.2) is 8.42 Å². The minimum absolute atomic E-state index is 0.162. The fourth-order valence-electron chi connectivity index (χ4n) is 4.14. The Morgan fingerprint density at radius 2 is 1.72 bits per heavy atom. The predicted molar refractivity (Wildman–Crippen MR) is 123 cm³/mol. The number of anilines is 2. The molecule has 0 aromatic heterocycles. The van der Waals surface area contributed by atoms with Crippen LogP contribution < -0.4 is 15.0 Å². The third-order valence-corrected chi connectivity index (χ3v) is 7.77. The number of para-hydroxylation sites is 1. The number of hydrogen-bond acceptors (Lipinski definition) is 6. The standard InChI is InChI=1S/C23H29N3O5S/c1-30-22-8-4-3-7-19(22)23(27)24-20-17-18(32(28,29)26-13-15-31-16-14-26)9-10-21(20)25-11-5-2-6-12-25/h3-4,7-10,17H,2,5-6,11-16H2,1H3,(H,24,27). The first-order chi connectivity index (χ1) is 15.5. The molecule has 0 spiro atoms. The predicted octanol–water partition coefficient (Wildman–Crippen LogP) is 2.96. The third kappa shape index (κ3) is 4.74. The van der Waals surface area contributed by atoms with Crippen molar-refractivity contribution in [2.24, 2.45) is 0 Å². The number of sulfonamides is 1. The molecule has 2 fully saturated rings. The zero-order chi connectivity index (χ0) is 22.6. The van der Waals surface area contributed by atoms with E-state index in [4.69, 9.17) is 9.47 Å². The molecule has 0 radical (unpaired) electrons. The average molecular weight is 460 g/mol. The van der Waals surface area contributed by atoms with Crippen LogP contribution in [0.4, 0.5) is 11.4 Å². The third-order valence-electron chi connectivity index (χ3n) is 5.87. The van der Waals surface area contributed by atoms with Crippen LogP contribution in [0, 0.1) is 0 Å². The number of nitrogens with zero attached hydrogens (tertiary/aromatic N) is 2. The molecule has 0 saturated carbocycles. The molecule has 0 unspecified atom stereocenters. The maximum atomic E-state index is 13.2. The molecular weight excluding hydrogens is 430 g/mol. The summed E-state index contributed by atoms with van der Waals surface area (Å²) in [6.07, 6.45) is 3.30. The molecule has 2 aromatic carbocycles. The summed E-state index contributed by atoms with van der Waals surface area (Å²) in [5, 5.41) is 2.95. The number of hydrogen-bond donors (Lipinski definition) is 1. The van der Waals surface area contributed by atoms with Gasteiger partial charge in [0.2, 0.25) is 10.0 Å². The summed E-state index contributed by atoms with van der Waals surface area (Å²) < 4.78 is 38.5. The molecule has 2 aliphatic heterocycles. The van der Waals surface area contributed by atoms with Crippen LogP contribution in [0.3, 0.4) is 0 Å². The number of carbonyl (C=O) groups excluding carboxylic acids is 1. The van der Waals surface area contributed by atoms with Gasteiger partial charge in [0.25, 0.3) is 5.91 Å². The Morgan fingerprint density at radius 3 is 2.44 bits per heavy atom. The number of methoxy groups -OCH3 is 1. The second-order valence-electron chi connectivity index (χ2n) is 7.90. The van der Waals surface area contributed by atoms with Crippen molar-refractivity contribution >= 4 is 27.3 Å². The molecule has 0 bridgehead atoms. The van der Waals surface area contributed by atoms with E-state index in [2.05, 4.69) is 10.2 Å². The van der Waals surface area contributed by atoms with Crippen molar-refractivity contribution in [1.29, 1.82) is 0 Å². The van der Waals surface area contributed by atoms with E-state index in [9.17, 15) is 13.2 Å². The summed E-state index contributed by atoms with van der Waals surface area (Å²) in [7, 11) is -2.17. The fraction of sp³-hybridized carbons (Fsp3) is 0.435. The Bertz CT molecular complexity index is 1060. The van der Waals surface area contributed by atoms with Gasteiger partial charge in [-0.1, -0.05) is 12.1 Å². The summed E-state index contributed by atoms with van der Waals surface area (Å²) in [5.41, 5.74) is 1.70. The number of piperidine rings is 1. The van der Waals surface area contributed by atoms with E-state index in [0.717, 1.165) is 31.6 Å². The average Bonchev–Trinajstić information content (AvgIpc) is 2.85. The number of amides is 1. The van der Waals surface area contributed by atoms with Gasteiger partial charge in [-0.05, 0) is 49.6 Å². The lowest BCUT2D eigenvalue weighted by Crippen LogP contribution is -2.40. The summed E-state index contributed by atoms with van der Waals surface area (Å²) in [4.78, 5) is 15.5. The number of rotatable bonds is 6. The smallest absolute Gasteiger partial charge is 0.259 e. The molecule has 0 atom stereocenters.